The molecular formula is C21H15BrN4O4. The molecule has 1 atom stereocenters. The first kappa shape index (κ1) is 18.4. The van der Waals surface area contributed by atoms with Crippen molar-refractivity contribution < 1.29 is 19.1 Å². The number of aromatic nitrogens is 1. The number of benzene rings is 2. The number of hydrazine groups is 1. The van der Waals surface area contributed by atoms with Gasteiger partial charge in [-0.2, -0.15) is 0 Å². The zero-order chi connectivity index (χ0) is 20.7. The second kappa shape index (κ2) is 7.34. The molecule has 30 heavy (non-hydrogen) atoms. The SMILES string of the molecule is O=C(NN1C(=O)c2cc(Br)ccc2N[C@H]1c1ccc2c(c1)OCO2)c1ccncc1. The molecule has 0 saturated heterocycles. The van der Waals surface area contributed by atoms with Crippen LogP contribution >= 0.6 is 15.9 Å². The van der Waals surface area contributed by atoms with Gasteiger partial charge in [-0.15, -0.1) is 0 Å². The first-order chi connectivity index (χ1) is 14.6. The molecular weight excluding hydrogens is 452 g/mol. The maximum Gasteiger partial charge on any atom is 0.276 e. The summed E-state index contributed by atoms with van der Waals surface area (Å²) in [5, 5.41) is 4.62. The smallest absolute Gasteiger partial charge is 0.276 e. The average molecular weight is 467 g/mol. The number of anilines is 1. The first-order valence-electron chi connectivity index (χ1n) is 9.10. The molecule has 0 spiro atoms. The van der Waals surface area contributed by atoms with Crippen LogP contribution in [0.25, 0.3) is 0 Å². The third-order valence-electron chi connectivity index (χ3n) is 4.86. The predicted octanol–water partition coefficient (Wildman–Crippen LogP) is 3.48. The number of nitrogens with one attached hydrogen (secondary N) is 2. The number of ether oxygens (including phenoxy) is 2. The summed E-state index contributed by atoms with van der Waals surface area (Å²) in [5.74, 6) is 0.466. The van der Waals surface area contributed by atoms with Crippen molar-refractivity contribution in [2.45, 2.75) is 6.17 Å². The van der Waals surface area contributed by atoms with Crippen LogP contribution in [-0.4, -0.2) is 28.6 Å². The Bertz CT molecular complexity index is 1150. The molecule has 2 aliphatic rings. The lowest BCUT2D eigenvalue weighted by Gasteiger charge is -2.37. The number of halogens is 1. The summed E-state index contributed by atoms with van der Waals surface area (Å²) in [7, 11) is 0. The van der Waals surface area contributed by atoms with Crippen molar-refractivity contribution in [3.63, 3.8) is 0 Å². The van der Waals surface area contributed by atoms with Crippen LogP contribution in [0.4, 0.5) is 5.69 Å². The molecule has 0 saturated carbocycles. The van der Waals surface area contributed by atoms with Gasteiger partial charge < -0.3 is 14.8 Å². The van der Waals surface area contributed by atoms with Gasteiger partial charge in [0, 0.05) is 33.7 Å². The molecule has 2 aromatic carbocycles. The third-order valence-corrected chi connectivity index (χ3v) is 5.35. The molecule has 3 heterocycles. The number of amides is 2. The van der Waals surface area contributed by atoms with E-state index in [-0.39, 0.29) is 12.7 Å². The Morgan fingerprint density at radius 2 is 1.90 bits per heavy atom. The summed E-state index contributed by atoms with van der Waals surface area (Å²) in [6, 6.07) is 13.9. The molecule has 150 valence electrons. The Labute approximate surface area is 179 Å². The second-order valence-corrected chi connectivity index (χ2v) is 7.62. The van der Waals surface area contributed by atoms with Crippen molar-refractivity contribution in [2.24, 2.45) is 0 Å². The summed E-state index contributed by atoms with van der Waals surface area (Å²) in [4.78, 5) is 30.0. The van der Waals surface area contributed by atoms with Crippen LogP contribution in [0.1, 0.15) is 32.4 Å². The number of fused-ring (bicyclic) bond motifs is 2. The van der Waals surface area contributed by atoms with Gasteiger partial charge in [-0.3, -0.25) is 20.0 Å². The molecule has 0 unspecified atom stereocenters. The minimum Gasteiger partial charge on any atom is -0.454 e. The molecule has 0 radical (unpaired) electrons. The lowest BCUT2D eigenvalue weighted by molar-refractivity contribution is 0.0490. The summed E-state index contributed by atoms with van der Waals surface area (Å²) in [6.45, 7) is 0.148. The zero-order valence-corrected chi connectivity index (χ0v) is 17.0. The Morgan fingerprint density at radius 3 is 2.73 bits per heavy atom. The van der Waals surface area contributed by atoms with Crippen LogP contribution in [-0.2, 0) is 0 Å². The van der Waals surface area contributed by atoms with Crippen molar-refractivity contribution in [2.75, 3.05) is 12.1 Å². The zero-order valence-electron chi connectivity index (χ0n) is 15.5. The predicted molar refractivity (Wildman–Crippen MR) is 111 cm³/mol. The van der Waals surface area contributed by atoms with Gasteiger partial charge in [-0.1, -0.05) is 22.0 Å². The lowest BCUT2D eigenvalue weighted by Crippen LogP contribution is -2.52. The van der Waals surface area contributed by atoms with Crippen molar-refractivity contribution in [3.8, 4) is 11.5 Å². The van der Waals surface area contributed by atoms with E-state index in [0.29, 0.717) is 28.3 Å². The van der Waals surface area contributed by atoms with Crippen molar-refractivity contribution in [3.05, 3.63) is 82.1 Å². The Balaban J connectivity index is 1.54. The van der Waals surface area contributed by atoms with E-state index >= 15 is 0 Å². The second-order valence-electron chi connectivity index (χ2n) is 6.70. The van der Waals surface area contributed by atoms with Gasteiger partial charge in [0.15, 0.2) is 11.5 Å². The number of hydrogen-bond donors (Lipinski definition) is 2. The van der Waals surface area contributed by atoms with E-state index in [4.69, 9.17) is 9.47 Å². The van der Waals surface area contributed by atoms with Crippen LogP contribution < -0.4 is 20.2 Å². The van der Waals surface area contributed by atoms with Gasteiger partial charge in [0.2, 0.25) is 6.79 Å². The van der Waals surface area contributed by atoms with Gasteiger partial charge in [0.25, 0.3) is 11.8 Å². The van der Waals surface area contributed by atoms with Crippen LogP contribution in [0.3, 0.4) is 0 Å². The molecule has 2 amide bonds. The number of pyridine rings is 1. The van der Waals surface area contributed by atoms with Crippen LogP contribution in [0.15, 0.2) is 65.4 Å². The molecule has 0 aliphatic carbocycles. The first-order valence-corrected chi connectivity index (χ1v) is 9.90. The van der Waals surface area contributed by atoms with E-state index in [1.807, 2.05) is 18.2 Å². The summed E-state index contributed by atoms with van der Waals surface area (Å²) in [6.07, 6.45) is 2.39. The van der Waals surface area contributed by atoms with Gasteiger partial charge in [-0.05, 0) is 42.5 Å². The lowest BCUT2D eigenvalue weighted by atomic mass is 10.0. The molecule has 2 aliphatic heterocycles. The highest BCUT2D eigenvalue weighted by molar-refractivity contribution is 9.10. The minimum atomic E-state index is -0.647. The third kappa shape index (κ3) is 3.22. The van der Waals surface area contributed by atoms with Gasteiger partial charge in [-0.25, -0.2) is 5.01 Å². The maximum atomic E-state index is 13.3. The number of carbonyl (C=O) groups excluding carboxylic acids is 2. The molecule has 8 nitrogen and oxygen atoms in total. The number of hydrogen-bond acceptors (Lipinski definition) is 6. The van der Waals surface area contributed by atoms with Gasteiger partial charge in [0.1, 0.15) is 6.17 Å². The van der Waals surface area contributed by atoms with Gasteiger partial charge >= 0.3 is 0 Å². The average Bonchev–Trinajstić information content (AvgIpc) is 3.24. The summed E-state index contributed by atoms with van der Waals surface area (Å²) < 4.78 is 11.6. The molecule has 2 N–H and O–H groups in total. The Morgan fingerprint density at radius 1 is 1.10 bits per heavy atom. The molecule has 0 fully saturated rings. The Hall–Kier alpha value is -3.59. The fourth-order valence-corrected chi connectivity index (χ4v) is 3.75. The quantitative estimate of drug-likeness (QED) is 0.613. The molecule has 1 aromatic heterocycles. The minimum absolute atomic E-state index is 0.148. The summed E-state index contributed by atoms with van der Waals surface area (Å²) >= 11 is 3.40. The Kier molecular flexibility index (Phi) is 4.51. The fourth-order valence-electron chi connectivity index (χ4n) is 3.39. The van der Waals surface area contributed by atoms with Crippen LogP contribution in [0, 0.1) is 0 Å². The van der Waals surface area contributed by atoms with Crippen molar-refractivity contribution in [1.82, 2.24) is 15.4 Å². The highest BCUT2D eigenvalue weighted by atomic mass is 79.9. The number of carbonyl (C=O) groups is 2. The number of rotatable bonds is 3. The largest absolute Gasteiger partial charge is 0.454 e. The van der Waals surface area contributed by atoms with E-state index in [1.54, 1.807) is 30.3 Å². The molecule has 0 bridgehead atoms. The monoisotopic (exact) mass is 466 g/mol. The van der Waals surface area contributed by atoms with Crippen molar-refractivity contribution in [1.29, 1.82) is 0 Å². The highest BCUT2D eigenvalue weighted by Crippen LogP contribution is 2.38. The van der Waals surface area contributed by atoms with E-state index in [9.17, 15) is 9.59 Å². The van der Waals surface area contributed by atoms with Crippen LogP contribution in [0.5, 0.6) is 11.5 Å². The molecule has 9 heteroatoms. The fraction of sp³-hybridized carbons (Fsp3) is 0.0952. The van der Waals surface area contributed by atoms with Crippen LogP contribution in [0.2, 0.25) is 0 Å². The normalized spacial score (nSPS) is 16.6. The number of nitrogens with zero attached hydrogens (tertiary/aromatic N) is 2. The highest BCUT2D eigenvalue weighted by Gasteiger charge is 2.35. The van der Waals surface area contributed by atoms with E-state index in [1.165, 1.54) is 17.4 Å². The van der Waals surface area contributed by atoms with Crippen molar-refractivity contribution >= 4 is 33.4 Å². The summed E-state index contributed by atoms with van der Waals surface area (Å²) in [5.41, 5.74) is 4.96. The maximum absolute atomic E-state index is 13.3. The van der Waals surface area contributed by atoms with E-state index in [0.717, 1.165) is 10.0 Å². The molecule has 5 rings (SSSR count). The molecule has 3 aromatic rings. The van der Waals surface area contributed by atoms with Gasteiger partial charge in [0.05, 0.1) is 5.56 Å². The topological polar surface area (TPSA) is 92.8 Å². The van der Waals surface area contributed by atoms with E-state index < -0.39 is 12.1 Å². The van der Waals surface area contributed by atoms with E-state index in [2.05, 4.69) is 31.7 Å². The standard InChI is InChI=1S/C21H15BrN4O4/c22-14-2-3-16-15(10-14)21(28)26(25-20(27)12-5-7-23-8-6-12)19(24-16)13-1-4-17-18(9-13)30-11-29-17/h1-10,19,24H,11H2,(H,25,27)/t19-/m1/s1.